The number of carbonyl (C=O) groups excluding carboxylic acids is 2. The molecule has 0 aliphatic carbocycles. The number of benzene rings is 2. The molecule has 4 heterocycles. The van der Waals surface area contributed by atoms with Gasteiger partial charge < -0.3 is 34.3 Å². The number of pyridine rings is 2. The van der Waals surface area contributed by atoms with E-state index in [4.69, 9.17) is 14.2 Å². The van der Waals surface area contributed by atoms with Gasteiger partial charge in [0.05, 0.1) is 32.7 Å². The van der Waals surface area contributed by atoms with Crippen molar-refractivity contribution in [2.75, 3.05) is 50.0 Å². The molecule has 0 radical (unpaired) electrons. The molecule has 1 fully saturated rings. The van der Waals surface area contributed by atoms with Crippen LogP contribution in [0.1, 0.15) is 44.4 Å². The van der Waals surface area contributed by atoms with E-state index in [1.807, 2.05) is 41.8 Å². The number of amides is 2. The number of anilines is 3. The molecule has 2 aliphatic rings. The molecule has 1 saturated heterocycles. The number of carbonyl (C=O) groups is 2. The largest absolute Gasteiger partial charge is 0.493 e. The van der Waals surface area contributed by atoms with Crippen LogP contribution in [-0.2, 0) is 6.54 Å². The van der Waals surface area contributed by atoms with Crippen LogP contribution in [0, 0.1) is 12.8 Å². The topological polar surface area (TPSA) is 124 Å². The summed E-state index contributed by atoms with van der Waals surface area (Å²) < 4.78 is 18.2. The van der Waals surface area contributed by atoms with E-state index in [0.717, 1.165) is 23.5 Å². The molecular formula is C34H35N5O6. The van der Waals surface area contributed by atoms with Gasteiger partial charge in [0.2, 0.25) is 5.75 Å². The van der Waals surface area contributed by atoms with Crippen molar-refractivity contribution in [3.05, 3.63) is 99.6 Å². The highest BCUT2D eigenvalue weighted by atomic mass is 16.5. The number of ether oxygens (including phenoxy) is 3. The summed E-state index contributed by atoms with van der Waals surface area (Å²) in [6.07, 6.45) is 0.983. The third-order valence-electron chi connectivity index (χ3n) is 8.38. The van der Waals surface area contributed by atoms with Crippen LogP contribution in [0.25, 0.3) is 0 Å². The number of nitrogens with one attached hydrogen (secondary N) is 2. The summed E-state index contributed by atoms with van der Waals surface area (Å²) in [5.41, 5.74) is 3.72. The van der Waals surface area contributed by atoms with Crippen molar-refractivity contribution in [2.45, 2.75) is 25.8 Å². The molecular weight excluding hydrogens is 574 g/mol. The molecule has 0 spiro atoms. The van der Waals surface area contributed by atoms with E-state index in [0.29, 0.717) is 54.0 Å². The van der Waals surface area contributed by atoms with Gasteiger partial charge in [0.15, 0.2) is 11.5 Å². The van der Waals surface area contributed by atoms with Crippen LogP contribution in [0.2, 0.25) is 0 Å². The molecule has 45 heavy (non-hydrogen) atoms. The van der Waals surface area contributed by atoms with Crippen molar-refractivity contribution in [1.82, 2.24) is 9.55 Å². The fraction of sp³-hybridized carbons (Fsp3) is 0.294. The standard InChI is InChI=1S/C34H35N5O6/c1-20-7-5-9-30(35-20)37-33(41)22-11-12-27(38-17-21-13-24(19-38)26-8-6-10-31(40)39(26)18-21)25(14-22)36-34(42)23-15-28(43-2)32(45-4)29(16-23)44-3/h5-12,14-16,21,24H,13,17-19H2,1-4H3,(H,36,42)(H,35,37,41)/t21-,24+/m1/s1. The molecule has 4 aromatic rings. The highest BCUT2D eigenvalue weighted by molar-refractivity contribution is 6.09. The lowest BCUT2D eigenvalue weighted by Crippen LogP contribution is -2.47. The Hall–Kier alpha value is -5.32. The summed E-state index contributed by atoms with van der Waals surface area (Å²) >= 11 is 0. The van der Waals surface area contributed by atoms with E-state index in [1.54, 1.807) is 36.4 Å². The van der Waals surface area contributed by atoms with Gasteiger partial charge in [-0.2, -0.15) is 0 Å². The van der Waals surface area contributed by atoms with Crippen LogP contribution < -0.4 is 35.3 Å². The third-order valence-corrected chi connectivity index (χ3v) is 8.38. The molecule has 232 valence electrons. The van der Waals surface area contributed by atoms with Crippen LogP contribution in [0.3, 0.4) is 0 Å². The minimum atomic E-state index is -0.414. The molecule has 6 rings (SSSR count). The lowest BCUT2D eigenvalue weighted by molar-refractivity contribution is 0.101. The Kier molecular flexibility index (Phi) is 8.16. The van der Waals surface area contributed by atoms with Gasteiger partial charge in [-0.25, -0.2) is 4.98 Å². The van der Waals surface area contributed by atoms with Gasteiger partial charge in [-0.05, 0) is 67.8 Å². The van der Waals surface area contributed by atoms with E-state index in [-0.39, 0.29) is 28.9 Å². The molecule has 2 aromatic carbocycles. The maximum absolute atomic E-state index is 13.8. The number of hydrogen-bond donors (Lipinski definition) is 2. The first-order chi connectivity index (χ1) is 21.8. The number of piperidine rings is 1. The average Bonchev–Trinajstić information content (AvgIpc) is 3.04. The summed E-state index contributed by atoms with van der Waals surface area (Å²) in [4.78, 5) is 46.3. The second kappa shape index (κ2) is 12.4. The predicted octanol–water partition coefficient (Wildman–Crippen LogP) is 4.71. The minimum absolute atomic E-state index is 0.0208. The molecule has 2 bridgehead atoms. The summed E-state index contributed by atoms with van der Waals surface area (Å²) in [5.74, 6) is 1.14. The number of fused-ring (bicyclic) bond motifs is 4. The smallest absolute Gasteiger partial charge is 0.256 e. The van der Waals surface area contributed by atoms with Gasteiger partial charge in [0, 0.05) is 54.1 Å². The number of methoxy groups -OCH3 is 3. The first kappa shape index (κ1) is 29.7. The quantitative estimate of drug-likeness (QED) is 0.295. The van der Waals surface area contributed by atoms with Gasteiger partial charge in [0.25, 0.3) is 17.4 Å². The summed E-state index contributed by atoms with van der Waals surface area (Å²) in [7, 11) is 4.47. The maximum Gasteiger partial charge on any atom is 0.256 e. The normalized spacial score (nSPS) is 16.8. The minimum Gasteiger partial charge on any atom is -0.493 e. The fourth-order valence-electron chi connectivity index (χ4n) is 6.35. The Morgan fingerprint density at radius 2 is 1.56 bits per heavy atom. The Balaban J connectivity index is 1.36. The molecule has 11 nitrogen and oxygen atoms in total. The number of hydrogen-bond acceptors (Lipinski definition) is 8. The van der Waals surface area contributed by atoms with Crippen molar-refractivity contribution >= 4 is 29.0 Å². The summed E-state index contributed by atoms with van der Waals surface area (Å²) in [6.45, 7) is 3.85. The molecule has 0 unspecified atom stereocenters. The zero-order chi connectivity index (χ0) is 31.7. The van der Waals surface area contributed by atoms with E-state index < -0.39 is 5.91 Å². The SMILES string of the molecule is COc1cc(C(=O)Nc2cc(C(=O)Nc3cccc(C)n3)ccc2N2C[C@H]3C[C@@H](C2)c2cccc(=O)n2C3)cc(OC)c1OC. The second-order valence-electron chi connectivity index (χ2n) is 11.3. The highest BCUT2D eigenvalue weighted by Gasteiger charge is 2.35. The molecule has 0 saturated carbocycles. The van der Waals surface area contributed by atoms with Crippen LogP contribution in [0.4, 0.5) is 17.2 Å². The van der Waals surface area contributed by atoms with Crippen LogP contribution >= 0.6 is 0 Å². The first-order valence-corrected chi connectivity index (χ1v) is 14.7. The number of aromatic nitrogens is 2. The highest BCUT2D eigenvalue weighted by Crippen LogP contribution is 2.41. The summed E-state index contributed by atoms with van der Waals surface area (Å²) in [6, 6.07) is 19.3. The van der Waals surface area contributed by atoms with Crippen LogP contribution in [0.15, 0.2) is 71.5 Å². The number of nitrogens with zero attached hydrogens (tertiary/aromatic N) is 3. The third kappa shape index (κ3) is 5.93. The summed E-state index contributed by atoms with van der Waals surface area (Å²) in [5, 5.41) is 5.89. The number of rotatable bonds is 8. The van der Waals surface area contributed by atoms with Crippen molar-refractivity contribution < 1.29 is 23.8 Å². The Labute approximate surface area is 260 Å². The van der Waals surface area contributed by atoms with E-state index >= 15 is 0 Å². The van der Waals surface area contributed by atoms with Crippen LogP contribution in [-0.4, -0.2) is 55.8 Å². The lowest BCUT2D eigenvalue weighted by Gasteiger charge is -2.44. The zero-order valence-corrected chi connectivity index (χ0v) is 25.6. The van der Waals surface area contributed by atoms with E-state index in [2.05, 4.69) is 20.5 Å². The molecule has 2 amide bonds. The van der Waals surface area contributed by atoms with E-state index in [9.17, 15) is 14.4 Å². The average molecular weight is 610 g/mol. The van der Waals surface area contributed by atoms with Gasteiger partial charge in [-0.1, -0.05) is 12.1 Å². The zero-order valence-electron chi connectivity index (χ0n) is 25.6. The molecule has 2 atom stereocenters. The molecule has 2 aromatic heterocycles. The maximum atomic E-state index is 13.8. The fourth-order valence-corrected chi connectivity index (χ4v) is 6.35. The van der Waals surface area contributed by atoms with Crippen molar-refractivity contribution in [2.24, 2.45) is 5.92 Å². The molecule has 2 aliphatic heterocycles. The molecule has 2 N–H and O–H groups in total. The van der Waals surface area contributed by atoms with Crippen molar-refractivity contribution in [3.63, 3.8) is 0 Å². The van der Waals surface area contributed by atoms with Crippen LogP contribution in [0.5, 0.6) is 17.2 Å². The molecule has 11 heteroatoms. The Morgan fingerprint density at radius 1 is 0.822 bits per heavy atom. The first-order valence-electron chi connectivity index (χ1n) is 14.7. The van der Waals surface area contributed by atoms with Gasteiger partial charge in [-0.3, -0.25) is 14.4 Å². The Morgan fingerprint density at radius 3 is 2.27 bits per heavy atom. The van der Waals surface area contributed by atoms with Gasteiger partial charge >= 0.3 is 0 Å². The van der Waals surface area contributed by atoms with E-state index in [1.165, 1.54) is 21.3 Å². The van der Waals surface area contributed by atoms with Gasteiger partial charge in [0.1, 0.15) is 5.82 Å². The monoisotopic (exact) mass is 609 g/mol. The predicted molar refractivity (Wildman–Crippen MR) is 171 cm³/mol. The van der Waals surface area contributed by atoms with Gasteiger partial charge in [-0.15, -0.1) is 0 Å². The lowest BCUT2D eigenvalue weighted by atomic mass is 9.83. The second-order valence-corrected chi connectivity index (χ2v) is 11.3. The van der Waals surface area contributed by atoms with Crippen molar-refractivity contribution in [1.29, 1.82) is 0 Å². The number of aryl methyl sites for hydroxylation is 1. The Bertz CT molecular complexity index is 1810. The van der Waals surface area contributed by atoms with Crippen molar-refractivity contribution in [3.8, 4) is 17.2 Å².